The van der Waals surface area contributed by atoms with E-state index in [0.29, 0.717) is 17.8 Å². The Morgan fingerprint density at radius 3 is 2.37 bits per heavy atom. The molecule has 4 rings (SSSR count). The molecule has 0 radical (unpaired) electrons. The number of nitrogens with one attached hydrogen (secondary N) is 2. The van der Waals surface area contributed by atoms with Crippen LogP contribution in [0, 0.1) is 5.92 Å². The van der Waals surface area contributed by atoms with Crippen molar-refractivity contribution >= 4 is 38.9 Å². The highest BCUT2D eigenvalue weighted by atomic mass is 32.2. The molecular formula is C19H19N3O4S. The van der Waals surface area contributed by atoms with Crippen LogP contribution < -0.4 is 14.9 Å². The van der Waals surface area contributed by atoms with Crippen molar-refractivity contribution in [3.8, 4) is 0 Å². The van der Waals surface area contributed by atoms with Crippen LogP contribution in [-0.2, 0) is 26.0 Å². The second-order valence-electron chi connectivity index (χ2n) is 6.89. The number of hydrogen-bond acceptors (Lipinski definition) is 4. The van der Waals surface area contributed by atoms with Gasteiger partial charge in [0.15, 0.2) is 0 Å². The first-order valence-electron chi connectivity index (χ1n) is 8.67. The zero-order valence-electron chi connectivity index (χ0n) is 14.9. The van der Waals surface area contributed by atoms with Crippen molar-refractivity contribution in [2.75, 3.05) is 14.9 Å². The minimum atomic E-state index is -3.82. The number of anilines is 3. The van der Waals surface area contributed by atoms with Crippen LogP contribution in [0.2, 0.25) is 0 Å². The summed E-state index contributed by atoms with van der Waals surface area (Å²) in [6.45, 7) is 3.36. The summed E-state index contributed by atoms with van der Waals surface area (Å²) in [4.78, 5) is 24.1. The second kappa shape index (κ2) is 6.09. The van der Waals surface area contributed by atoms with Crippen molar-refractivity contribution in [3.05, 3.63) is 48.0 Å². The van der Waals surface area contributed by atoms with Crippen molar-refractivity contribution in [1.29, 1.82) is 0 Å². The average Bonchev–Trinajstić information content (AvgIpc) is 2.93. The molecule has 2 aliphatic heterocycles. The number of rotatable bonds is 2. The lowest BCUT2D eigenvalue weighted by atomic mass is 10.1. The van der Waals surface area contributed by atoms with E-state index in [1.54, 1.807) is 6.07 Å². The Morgan fingerprint density at radius 1 is 0.963 bits per heavy atom. The molecule has 2 aliphatic rings. The average molecular weight is 385 g/mol. The molecule has 2 aromatic carbocycles. The SMILES string of the molecule is CC1C(=O)Nc2ccc(S(=O)(=O)N3c4ccccc4CC3C)cc2NC1=O. The first-order chi connectivity index (χ1) is 12.8. The zero-order chi connectivity index (χ0) is 19.3. The van der Waals surface area contributed by atoms with Gasteiger partial charge in [0.1, 0.15) is 5.92 Å². The minimum Gasteiger partial charge on any atom is -0.324 e. The van der Waals surface area contributed by atoms with Crippen molar-refractivity contribution < 1.29 is 18.0 Å². The van der Waals surface area contributed by atoms with Gasteiger partial charge in [0.25, 0.3) is 10.0 Å². The third-order valence-corrected chi connectivity index (χ3v) is 6.92. The lowest BCUT2D eigenvalue weighted by molar-refractivity contribution is -0.128. The molecule has 0 aliphatic carbocycles. The maximum absolute atomic E-state index is 13.3. The highest BCUT2D eigenvalue weighted by Crippen LogP contribution is 2.38. The number of amides is 2. The molecule has 8 heteroatoms. The van der Waals surface area contributed by atoms with Crippen LogP contribution in [0.3, 0.4) is 0 Å². The van der Waals surface area contributed by atoms with E-state index in [1.165, 1.54) is 29.4 Å². The molecule has 140 valence electrons. The topological polar surface area (TPSA) is 95.6 Å². The summed E-state index contributed by atoms with van der Waals surface area (Å²) in [5.74, 6) is -1.76. The predicted octanol–water partition coefficient (Wildman–Crippen LogP) is 2.35. The van der Waals surface area contributed by atoms with E-state index >= 15 is 0 Å². The van der Waals surface area contributed by atoms with Gasteiger partial charge in [-0.05, 0) is 50.1 Å². The number of para-hydroxylation sites is 1. The molecule has 0 aromatic heterocycles. The molecule has 2 aromatic rings. The quantitative estimate of drug-likeness (QED) is 0.776. The lowest BCUT2D eigenvalue weighted by Gasteiger charge is -2.25. The summed E-state index contributed by atoms with van der Waals surface area (Å²) in [6, 6.07) is 11.6. The molecule has 2 N–H and O–H groups in total. The van der Waals surface area contributed by atoms with Crippen LogP contribution in [0.5, 0.6) is 0 Å². The molecule has 0 saturated heterocycles. The third-order valence-electron chi connectivity index (χ3n) is 4.99. The lowest BCUT2D eigenvalue weighted by Crippen LogP contribution is -2.35. The van der Waals surface area contributed by atoms with Gasteiger partial charge in [-0.15, -0.1) is 0 Å². The molecule has 0 fully saturated rings. The maximum atomic E-state index is 13.3. The summed E-state index contributed by atoms with van der Waals surface area (Å²) in [7, 11) is -3.82. The van der Waals surface area contributed by atoms with Crippen molar-refractivity contribution in [3.63, 3.8) is 0 Å². The third kappa shape index (κ3) is 2.76. The smallest absolute Gasteiger partial charge is 0.264 e. The predicted molar refractivity (Wildman–Crippen MR) is 102 cm³/mol. The summed E-state index contributed by atoms with van der Waals surface area (Å²) in [6.07, 6.45) is 0.644. The summed E-state index contributed by atoms with van der Waals surface area (Å²) >= 11 is 0. The molecule has 0 saturated carbocycles. The fraction of sp³-hybridized carbons (Fsp3) is 0.263. The number of carbonyl (C=O) groups excluding carboxylic acids is 2. The molecule has 0 bridgehead atoms. The Kier molecular flexibility index (Phi) is 3.96. The molecule has 2 amide bonds. The van der Waals surface area contributed by atoms with Gasteiger partial charge in [0.05, 0.1) is 22.0 Å². The van der Waals surface area contributed by atoms with Gasteiger partial charge in [-0.25, -0.2) is 8.42 Å². The van der Waals surface area contributed by atoms with Crippen LogP contribution >= 0.6 is 0 Å². The molecule has 27 heavy (non-hydrogen) atoms. The normalized spacial score (nSPS) is 21.8. The largest absolute Gasteiger partial charge is 0.324 e. The Hall–Kier alpha value is -2.87. The molecule has 7 nitrogen and oxygen atoms in total. The Morgan fingerprint density at radius 2 is 1.63 bits per heavy atom. The van der Waals surface area contributed by atoms with Gasteiger partial charge in [-0.3, -0.25) is 13.9 Å². The highest BCUT2D eigenvalue weighted by Gasteiger charge is 2.36. The highest BCUT2D eigenvalue weighted by molar-refractivity contribution is 7.92. The number of nitrogens with zero attached hydrogens (tertiary/aromatic N) is 1. The second-order valence-corrected chi connectivity index (χ2v) is 8.71. The van der Waals surface area contributed by atoms with Gasteiger partial charge in [0.2, 0.25) is 11.8 Å². The van der Waals surface area contributed by atoms with E-state index in [4.69, 9.17) is 0 Å². The Balaban J connectivity index is 1.77. The van der Waals surface area contributed by atoms with Crippen LogP contribution in [0.15, 0.2) is 47.4 Å². The summed E-state index contributed by atoms with van der Waals surface area (Å²) in [5, 5.41) is 5.28. The van der Waals surface area contributed by atoms with Crippen LogP contribution in [0.25, 0.3) is 0 Å². The number of sulfonamides is 1. The van der Waals surface area contributed by atoms with E-state index in [9.17, 15) is 18.0 Å². The van der Waals surface area contributed by atoms with Crippen molar-refractivity contribution in [1.82, 2.24) is 0 Å². The molecule has 2 unspecified atom stereocenters. The van der Waals surface area contributed by atoms with E-state index < -0.39 is 27.8 Å². The van der Waals surface area contributed by atoms with Crippen LogP contribution in [0.1, 0.15) is 19.4 Å². The maximum Gasteiger partial charge on any atom is 0.264 e. The van der Waals surface area contributed by atoms with Crippen molar-refractivity contribution in [2.45, 2.75) is 31.2 Å². The summed E-state index contributed by atoms with van der Waals surface area (Å²) < 4.78 is 28.1. The number of fused-ring (bicyclic) bond motifs is 2. The first kappa shape index (κ1) is 17.5. The van der Waals surface area contributed by atoms with E-state index in [-0.39, 0.29) is 16.6 Å². The Labute approximate surface area is 157 Å². The van der Waals surface area contributed by atoms with E-state index in [0.717, 1.165) is 5.56 Å². The molecular weight excluding hydrogens is 366 g/mol. The first-order valence-corrected chi connectivity index (χ1v) is 10.1. The van der Waals surface area contributed by atoms with Gasteiger partial charge < -0.3 is 10.6 Å². The number of hydrogen-bond donors (Lipinski definition) is 2. The minimum absolute atomic E-state index is 0.0638. The fourth-order valence-corrected chi connectivity index (χ4v) is 5.23. The number of benzene rings is 2. The van der Waals surface area contributed by atoms with Crippen LogP contribution in [0.4, 0.5) is 17.1 Å². The zero-order valence-corrected chi connectivity index (χ0v) is 15.7. The van der Waals surface area contributed by atoms with Gasteiger partial charge >= 0.3 is 0 Å². The van der Waals surface area contributed by atoms with E-state index in [1.807, 2.05) is 25.1 Å². The van der Waals surface area contributed by atoms with Crippen molar-refractivity contribution in [2.24, 2.45) is 5.92 Å². The molecule has 2 atom stereocenters. The monoisotopic (exact) mass is 385 g/mol. The summed E-state index contributed by atoms with van der Waals surface area (Å²) in [5.41, 5.74) is 2.31. The van der Waals surface area contributed by atoms with E-state index in [2.05, 4.69) is 10.6 Å². The van der Waals surface area contributed by atoms with Gasteiger partial charge in [-0.2, -0.15) is 0 Å². The number of carbonyl (C=O) groups is 2. The molecule has 2 heterocycles. The Bertz CT molecular complexity index is 1060. The van der Waals surface area contributed by atoms with Gasteiger partial charge in [0, 0.05) is 6.04 Å². The standard InChI is InChI=1S/C19H19N3O4S/c1-11-9-13-5-3-4-6-17(13)22(11)27(25,26)14-7-8-15-16(10-14)21-19(24)12(2)18(23)20-15/h3-8,10-12H,9H2,1-2H3,(H,20,23)(H,21,24). The fourth-order valence-electron chi connectivity index (χ4n) is 3.51. The van der Waals surface area contributed by atoms with Gasteiger partial charge in [-0.1, -0.05) is 18.2 Å². The van der Waals surface area contributed by atoms with Crippen LogP contribution in [-0.4, -0.2) is 26.3 Å². The molecule has 0 spiro atoms.